The topological polar surface area (TPSA) is 85.5 Å². The second kappa shape index (κ2) is 7.74. The monoisotopic (exact) mass is 377 g/mol. The zero-order valence-corrected chi connectivity index (χ0v) is 16.0. The largest absolute Gasteiger partial charge is 0.496 e. The molecule has 1 N–H and O–H groups in total. The number of benzene rings is 1. The smallest absolute Gasteiger partial charge is 0.342 e. The Morgan fingerprint density at radius 3 is 2.38 bits per heavy atom. The maximum absolute atomic E-state index is 12.7. The minimum atomic E-state index is -1.05. The van der Waals surface area contributed by atoms with Crippen molar-refractivity contribution in [2.45, 2.75) is 33.8 Å². The third kappa shape index (κ3) is 3.80. The molecule has 1 aromatic carbocycles. The highest BCUT2D eigenvalue weighted by Crippen LogP contribution is 2.25. The number of H-pyrrole nitrogens is 1. The van der Waals surface area contributed by atoms with Crippen LogP contribution in [-0.4, -0.2) is 35.7 Å². The fourth-order valence-corrected chi connectivity index (χ4v) is 3.02. The average molecular weight is 378 g/mol. The van der Waals surface area contributed by atoms with E-state index in [0.717, 1.165) is 0 Å². The van der Waals surface area contributed by atoms with Gasteiger partial charge in [-0.2, -0.15) is 0 Å². The number of ether oxygens (including phenoxy) is 2. The van der Waals surface area contributed by atoms with E-state index in [1.54, 1.807) is 26.0 Å². The quantitative estimate of drug-likeness (QED) is 0.609. The van der Waals surface area contributed by atoms with E-state index in [2.05, 4.69) is 4.98 Å². The molecule has 6 nitrogen and oxygen atoms in total. The van der Waals surface area contributed by atoms with Crippen LogP contribution in [-0.2, 0) is 4.74 Å². The third-order valence-electron chi connectivity index (χ3n) is 4.07. The molecule has 0 aliphatic carbocycles. The summed E-state index contributed by atoms with van der Waals surface area (Å²) in [5.41, 5.74) is 2.01. The number of aromatic amines is 1. The number of methoxy groups -OCH3 is 1. The van der Waals surface area contributed by atoms with Gasteiger partial charge in [-0.25, -0.2) is 4.79 Å². The van der Waals surface area contributed by atoms with Crippen LogP contribution in [0.15, 0.2) is 18.2 Å². The molecule has 2 rings (SSSR count). The van der Waals surface area contributed by atoms with Crippen molar-refractivity contribution in [3.63, 3.8) is 0 Å². The third-order valence-corrected chi connectivity index (χ3v) is 4.31. The Morgan fingerprint density at radius 2 is 1.85 bits per heavy atom. The molecule has 0 unspecified atom stereocenters. The highest BCUT2D eigenvalue weighted by molar-refractivity contribution is 6.31. The summed E-state index contributed by atoms with van der Waals surface area (Å²) in [6.45, 7) is 6.31. The summed E-state index contributed by atoms with van der Waals surface area (Å²) >= 11 is 5.92. The van der Waals surface area contributed by atoms with Crippen molar-refractivity contribution in [3.8, 4) is 5.75 Å². The highest BCUT2D eigenvalue weighted by Gasteiger charge is 2.27. The number of rotatable bonds is 6. The minimum Gasteiger partial charge on any atom is -0.496 e. The van der Waals surface area contributed by atoms with Crippen molar-refractivity contribution < 1.29 is 23.9 Å². The van der Waals surface area contributed by atoms with Crippen LogP contribution < -0.4 is 4.74 Å². The number of aryl methyl sites for hydroxylation is 1. The molecule has 1 heterocycles. The van der Waals surface area contributed by atoms with Crippen LogP contribution >= 0.6 is 11.6 Å². The Balaban J connectivity index is 2.25. The molecule has 0 saturated carbocycles. The summed E-state index contributed by atoms with van der Waals surface area (Å²) in [5, 5.41) is 0.346. The molecular weight excluding hydrogens is 358 g/mol. The molecule has 0 saturated heterocycles. The lowest BCUT2D eigenvalue weighted by molar-refractivity contribution is 0.0314. The van der Waals surface area contributed by atoms with Crippen LogP contribution in [0, 0.1) is 13.8 Å². The van der Waals surface area contributed by atoms with Crippen LogP contribution in [0.5, 0.6) is 5.75 Å². The molecule has 1 atom stereocenters. The lowest BCUT2D eigenvalue weighted by atomic mass is 10.0. The van der Waals surface area contributed by atoms with Crippen molar-refractivity contribution in [2.24, 2.45) is 0 Å². The zero-order valence-electron chi connectivity index (χ0n) is 15.2. The number of Topliss-reactive ketones (excluding diaryl/α,β-unsaturated/α-hetero) is 2. The number of aromatic nitrogens is 1. The molecule has 0 amide bonds. The number of carbonyl (C=O) groups excluding carboxylic acids is 3. The highest BCUT2D eigenvalue weighted by atomic mass is 35.5. The maximum Gasteiger partial charge on any atom is 0.342 e. The van der Waals surface area contributed by atoms with Crippen LogP contribution in [0.4, 0.5) is 0 Å². The fraction of sp³-hybridized carbons (Fsp3) is 0.316. The Labute approximate surface area is 156 Å². The predicted molar refractivity (Wildman–Crippen MR) is 97.5 cm³/mol. The molecule has 0 aliphatic heterocycles. The van der Waals surface area contributed by atoms with Gasteiger partial charge in [-0.3, -0.25) is 9.59 Å². The number of nitrogens with one attached hydrogen (secondary N) is 1. The minimum absolute atomic E-state index is 0.128. The van der Waals surface area contributed by atoms with Gasteiger partial charge in [0.05, 0.1) is 12.8 Å². The van der Waals surface area contributed by atoms with E-state index in [4.69, 9.17) is 21.1 Å². The first kappa shape index (κ1) is 19.7. The number of carbonyl (C=O) groups is 3. The first-order chi connectivity index (χ1) is 12.2. The van der Waals surface area contributed by atoms with Gasteiger partial charge in [-0.1, -0.05) is 11.6 Å². The fourth-order valence-electron chi connectivity index (χ4n) is 2.85. The maximum atomic E-state index is 12.7. The van der Waals surface area contributed by atoms with Gasteiger partial charge >= 0.3 is 5.97 Å². The van der Waals surface area contributed by atoms with Crippen molar-refractivity contribution in [3.05, 3.63) is 51.3 Å². The van der Waals surface area contributed by atoms with Crippen molar-refractivity contribution in [1.29, 1.82) is 0 Å². The summed E-state index contributed by atoms with van der Waals surface area (Å²) in [6.07, 6.45) is -1.05. The van der Waals surface area contributed by atoms with Gasteiger partial charge in [-0.05, 0) is 51.5 Å². The molecule has 0 aliphatic rings. The van der Waals surface area contributed by atoms with Crippen LogP contribution in [0.1, 0.15) is 56.3 Å². The van der Waals surface area contributed by atoms with Crippen LogP contribution in [0.25, 0.3) is 0 Å². The number of halogens is 1. The first-order valence-electron chi connectivity index (χ1n) is 7.96. The molecule has 2 aromatic rings. The Morgan fingerprint density at radius 1 is 1.19 bits per heavy atom. The van der Waals surface area contributed by atoms with Gasteiger partial charge in [0, 0.05) is 16.3 Å². The van der Waals surface area contributed by atoms with E-state index in [1.165, 1.54) is 27.0 Å². The summed E-state index contributed by atoms with van der Waals surface area (Å²) < 4.78 is 10.4. The van der Waals surface area contributed by atoms with Gasteiger partial charge in [0.1, 0.15) is 11.3 Å². The van der Waals surface area contributed by atoms with E-state index in [9.17, 15) is 14.4 Å². The molecule has 7 heteroatoms. The summed E-state index contributed by atoms with van der Waals surface area (Å²) in [7, 11) is 1.42. The molecule has 0 fully saturated rings. The molecular formula is C19H20ClNO5. The average Bonchev–Trinajstić information content (AvgIpc) is 2.88. The van der Waals surface area contributed by atoms with E-state index >= 15 is 0 Å². The second-order valence-electron chi connectivity index (χ2n) is 5.94. The van der Waals surface area contributed by atoms with Crippen LogP contribution in [0.2, 0.25) is 5.02 Å². The number of esters is 1. The summed E-state index contributed by atoms with van der Waals surface area (Å²) in [6, 6.07) is 4.54. The van der Waals surface area contributed by atoms with E-state index in [-0.39, 0.29) is 17.0 Å². The second-order valence-corrected chi connectivity index (χ2v) is 6.37. The summed E-state index contributed by atoms with van der Waals surface area (Å²) in [4.78, 5) is 39.7. The molecule has 26 heavy (non-hydrogen) atoms. The molecule has 138 valence electrons. The van der Waals surface area contributed by atoms with E-state index in [1.807, 2.05) is 0 Å². The van der Waals surface area contributed by atoms with Gasteiger partial charge in [0.2, 0.25) is 5.78 Å². The Bertz CT molecular complexity index is 884. The predicted octanol–water partition coefficient (Wildman–Crippen LogP) is 3.92. The first-order valence-corrected chi connectivity index (χ1v) is 8.34. The zero-order chi connectivity index (χ0) is 19.6. The Hall–Kier alpha value is -2.60. The van der Waals surface area contributed by atoms with E-state index < -0.39 is 17.9 Å². The van der Waals surface area contributed by atoms with Gasteiger partial charge in [-0.15, -0.1) is 0 Å². The number of ketones is 2. The summed E-state index contributed by atoms with van der Waals surface area (Å²) in [5.74, 6) is -0.987. The van der Waals surface area contributed by atoms with E-state index in [0.29, 0.717) is 27.6 Å². The van der Waals surface area contributed by atoms with Gasteiger partial charge < -0.3 is 14.5 Å². The SMILES string of the molecule is COc1ccc(Cl)cc1C(=O)O[C@@H](C)C(=O)c1[nH]c(C)c(C(C)=O)c1C. The van der Waals surface area contributed by atoms with Crippen molar-refractivity contribution in [2.75, 3.05) is 7.11 Å². The van der Waals surface area contributed by atoms with Crippen LogP contribution in [0.3, 0.4) is 0 Å². The van der Waals surface area contributed by atoms with Crippen molar-refractivity contribution in [1.82, 2.24) is 4.98 Å². The molecule has 0 spiro atoms. The van der Waals surface area contributed by atoms with Gasteiger partial charge in [0.25, 0.3) is 0 Å². The lowest BCUT2D eigenvalue weighted by Crippen LogP contribution is -2.25. The van der Waals surface area contributed by atoms with Gasteiger partial charge in [0.15, 0.2) is 11.9 Å². The Kier molecular flexibility index (Phi) is 5.87. The lowest BCUT2D eigenvalue weighted by Gasteiger charge is -2.14. The molecule has 1 aromatic heterocycles. The number of hydrogen-bond acceptors (Lipinski definition) is 5. The standard InChI is InChI=1S/C19H20ClNO5/c1-9-16(11(3)22)10(2)21-17(9)18(23)12(4)26-19(24)14-8-13(20)6-7-15(14)25-5/h6-8,12,21H,1-5H3/t12-/m0/s1. The molecule has 0 radical (unpaired) electrons. The normalized spacial score (nSPS) is 11.8. The number of hydrogen-bond donors (Lipinski definition) is 1. The van der Waals surface area contributed by atoms with Crippen molar-refractivity contribution >= 4 is 29.1 Å². The molecule has 0 bridgehead atoms.